The molecule has 0 atom stereocenters. The van der Waals surface area contributed by atoms with E-state index in [-0.39, 0.29) is 30.3 Å². The lowest BCUT2D eigenvalue weighted by Gasteiger charge is -2.21. The van der Waals surface area contributed by atoms with Crippen molar-refractivity contribution in [2.45, 2.75) is 19.8 Å². The number of hydrogen-bond donors (Lipinski definition) is 2. The van der Waals surface area contributed by atoms with Gasteiger partial charge in [0.25, 0.3) is 5.91 Å². The Kier molecular flexibility index (Phi) is 6.63. The number of carboxylic acids is 1. The smallest absolute Gasteiger partial charge is 0.411 e. The van der Waals surface area contributed by atoms with Crippen LogP contribution in [0.5, 0.6) is 0 Å². The van der Waals surface area contributed by atoms with Gasteiger partial charge in [0.2, 0.25) is 0 Å². The molecule has 0 spiro atoms. The Hall–Kier alpha value is -4.13. The maximum Gasteiger partial charge on any atom is 0.411 e. The van der Waals surface area contributed by atoms with Gasteiger partial charge in [-0.1, -0.05) is 60.2 Å². The number of carbonyl (C=O) groups excluding carboxylic acids is 2. The summed E-state index contributed by atoms with van der Waals surface area (Å²) in [5.41, 5.74) is 5.79. The number of rotatable bonds is 7. The molecule has 0 unspecified atom stereocenters. The number of benzene rings is 3. The fraction of sp³-hybridized carbons (Fsp3) is 0.222. The number of nitrogens with zero attached hydrogens (tertiary/aromatic N) is 1. The Balaban J connectivity index is 1.50. The number of amides is 2. The van der Waals surface area contributed by atoms with Crippen LogP contribution in [0.2, 0.25) is 0 Å². The molecule has 4 rings (SSSR count). The summed E-state index contributed by atoms with van der Waals surface area (Å²) in [6, 6.07) is 21.2. The Labute approximate surface area is 198 Å². The number of aryl methyl sites for hydroxylation is 1. The summed E-state index contributed by atoms with van der Waals surface area (Å²) in [5.74, 6) is -1.65. The van der Waals surface area contributed by atoms with E-state index < -0.39 is 24.5 Å². The van der Waals surface area contributed by atoms with Crippen molar-refractivity contribution in [3.63, 3.8) is 0 Å². The van der Waals surface area contributed by atoms with Crippen LogP contribution >= 0.6 is 0 Å². The van der Waals surface area contributed by atoms with E-state index in [0.717, 1.165) is 27.8 Å². The van der Waals surface area contributed by atoms with Crippen molar-refractivity contribution in [3.05, 3.63) is 89.0 Å². The van der Waals surface area contributed by atoms with Crippen molar-refractivity contribution in [2.24, 2.45) is 0 Å². The van der Waals surface area contributed by atoms with Gasteiger partial charge in [0.1, 0.15) is 13.2 Å². The van der Waals surface area contributed by atoms with Gasteiger partial charge >= 0.3 is 12.1 Å². The van der Waals surface area contributed by atoms with Crippen LogP contribution in [0.15, 0.2) is 66.7 Å². The molecule has 174 valence electrons. The van der Waals surface area contributed by atoms with Crippen molar-refractivity contribution < 1.29 is 24.2 Å². The highest BCUT2D eigenvalue weighted by Crippen LogP contribution is 2.44. The highest BCUT2D eigenvalue weighted by molar-refractivity contribution is 6.03. The molecular weight excluding hydrogens is 432 g/mol. The molecule has 0 saturated carbocycles. The van der Waals surface area contributed by atoms with Gasteiger partial charge in [-0.15, -0.1) is 0 Å². The Morgan fingerprint density at radius 1 is 0.971 bits per heavy atom. The monoisotopic (exact) mass is 458 g/mol. The molecule has 0 bridgehead atoms. The van der Waals surface area contributed by atoms with E-state index in [1.165, 1.54) is 4.90 Å². The summed E-state index contributed by atoms with van der Waals surface area (Å²) >= 11 is 0. The predicted octanol–water partition coefficient (Wildman–Crippen LogP) is 4.90. The molecule has 1 aliphatic rings. The zero-order valence-electron chi connectivity index (χ0n) is 19.1. The molecule has 34 heavy (non-hydrogen) atoms. The summed E-state index contributed by atoms with van der Waals surface area (Å²) < 4.78 is 5.59. The molecule has 0 radical (unpaired) electrons. The first-order chi connectivity index (χ1) is 16.4. The molecule has 3 aromatic rings. The van der Waals surface area contributed by atoms with Gasteiger partial charge in [-0.25, -0.2) is 4.79 Å². The van der Waals surface area contributed by atoms with Crippen LogP contribution in [-0.2, 0) is 9.53 Å². The van der Waals surface area contributed by atoms with Crippen LogP contribution in [0.1, 0.15) is 39.9 Å². The largest absolute Gasteiger partial charge is 0.480 e. The van der Waals surface area contributed by atoms with Crippen LogP contribution in [0.3, 0.4) is 0 Å². The normalized spacial score (nSPS) is 11.9. The molecule has 0 aromatic heterocycles. The number of carbonyl (C=O) groups is 3. The molecule has 2 amide bonds. The van der Waals surface area contributed by atoms with E-state index in [4.69, 9.17) is 9.84 Å². The topological polar surface area (TPSA) is 95.9 Å². The molecule has 1 aliphatic carbocycles. The third kappa shape index (κ3) is 4.64. The molecule has 0 aliphatic heterocycles. The summed E-state index contributed by atoms with van der Waals surface area (Å²) in [7, 11) is 0. The number of fused-ring (bicyclic) bond motifs is 3. The number of nitrogens with one attached hydrogen (secondary N) is 1. The summed E-state index contributed by atoms with van der Waals surface area (Å²) in [5, 5.41) is 11.8. The van der Waals surface area contributed by atoms with Crippen molar-refractivity contribution in [3.8, 4) is 11.1 Å². The molecule has 2 N–H and O–H groups in total. The number of hydrogen-bond acceptors (Lipinski definition) is 4. The number of aliphatic carboxylic acids is 1. The van der Waals surface area contributed by atoms with Crippen LogP contribution in [0, 0.1) is 6.92 Å². The second-order valence-electron chi connectivity index (χ2n) is 8.21. The number of likely N-dealkylation sites (N-methyl/N-ethyl adjacent to an activating group) is 1. The molecule has 7 heteroatoms. The van der Waals surface area contributed by atoms with E-state index in [1.54, 1.807) is 25.1 Å². The van der Waals surface area contributed by atoms with Crippen LogP contribution < -0.4 is 5.32 Å². The van der Waals surface area contributed by atoms with Gasteiger partial charge in [-0.05, 0) is 48.2 Å². The van der Waals surface area contributed by atoms with Crippen LogP contribution in [0.4, 0.5) is 10.5 Å². The number of ether oxygens (including phenoxy) is 1. The van der Waals surface area contributed by atoms with Crippen molar-refractivity contribution >= 4 is 23.7 Å². The SMILES string of the molecule is CCN(CC(=O)O)C(=O)c1cc(C)ccc1NC(=O)OCC1c2ccccc2-c2ccccc21. The van der Waals surface area contributed by atoms with Gasteiger partial charge in [0.15, 0.2) is 0 Å². The van der Waals surface area contributed by atoms with E-state index in [0.29, 0.717) is 0 Å². The Morgan fingerprint density at radius 3 is 2.18 bits per heavy atom. The van der Waals surface area contributed by atoms with Gasteiger partial charge in [-0.3, -0.25) is 14.9 Å². The van der Waals surface area contributed by atoms with Crippen LogP contribution in [-0.4, -0.2) is 47.7 Å². The minimum Gasteiger partial charge on any atom is -0.480 e. The first kappa shape index (κ1) is 23.0. The fourth-order valence-corrected chi connectivity index (χ4v) is 4.35. The minimum absolute atomic E-state index is 0.0802. The average molecular weight is 459 g/mol. The maximum atomic E-state index is 13.0. The summed E-state index contributed by atoms with van der Waals surface area (Å²) in [6.45, 7) is 3.48. The van der Waals surface area contributed by atoms with E-state index in [2.05, 4.69) is 17.4 Å². The zero-order valence-corrected chi connectivity index (χ0v) is 19.1. The second kappa shape index (κ2) is 9.79. The first-order valence-corrected chi connectivity index (χ1v) is 11.1. The Bertz CT molecular complexity index is 1210. The number of anilines is 1. The van der Waals surface area contributed by atoms with Crippen molar-refractivity contribution in [2.75, 3.05) is 25.0 Å². The van der Waals surface area contributed by atoms with Gasteiger partial charge in [0.05, 0.1) is 11.3 Å². The predicted molar refractivity (Wildman–Crippen MR) is 129 cm³/mol. The molecule has 0 saturated heterocycles. The Morgan fingerprint density at radius 2 is 1.59 bits per heavy atom. The third-order valence-electron chi connectivity index (χ3n) is 5.98. The molecular formula is C27H26N2O5. The first-order valence-electron chi connectivity index (χ1n) is 11.1. The lowest BCUT2D eigenvalue weighted by Crippen LogP contribution is -2.36. The average Bonchev–Trinajstić information content (AvgIpc) is 3.15. The molecule has 0 fully saturated rings. The van der Waals surface area contributed by atoms with Crippen LogP contribution in [0.25, 0.3) is 11.1 Å². The fourth-order valence-electron chi connectivity index (χ4n) is 4.35. The third-order valence-corrected chi connectivity index (χ3v) is 5.98. The van der Waals surface area contributed by atoms with Gasteiger partial charge in [0, 0.05) is 12.5 Å². The number of carboxylic acid groups (broad SMARTS) is 1. The standard InChI is InChI=1S/C27H26N2O5/c1-3-29(15-25(30)31)26(32)22-14-17(2)12-13-24(22)28-27(33)34-16-23-20-10-6-4-8-18(20)19-9-5-7-11-21(19)23/h4-14,23H,3,15-16H2,1-2H3,(H,28,33)(H,30,31). The van der Waals surface area contributed by atoms with E-state index in [9.17, 15) is 14.4 Å². The van der Waals surface area contributed by atoms with Crippen molar-refractivity contribution in [1.29, 1.82) is 0 Å². The zero-order chi connectivity index (χ0) is 24.2. The maximum absolute atomic E-state index is 13.0. The van der Waals surface area contributed by atoms with E-state index in [1.807, 2.05) is 43.3 Å². The van der Waals surface area contributed by atoms with Crippen molar-refractivity contribution in [1.82, 2.24) is 4.90 Å². The highest BCUT2D eigenvalue weighted by Gasteiger charge is 2.29. The lowest BCUT2D eigenvalue weighted by molar-refractivity contribution is -0.137. The quantitative estimate of drug-likeness (QED) is 0.525. The summed E-state index contributed by atoms with van der Waals surface area (Å²) in [4.78, 5) is 38.0. The molecule has 0 heterocycles. The summed E-state index contributed by atoms with van der Waals surface area (Å²) in [6.07, 6.45) is -0.680. The minimum atomic E-state index is -1.10. The molecule has 3 aromatic carbocycles. The van der Waals surface area contributed by atoms with Gasteiger partial charge in [-0.2, -0.15) is 0 Å². The second-order valence-corrected chi connectivity index (χ2v) is 8.21. The molecule has 7 nitrogen and oxygen atoms in total. The lowest BCUT2D eigenvalue weighted by atomic mass is 9.98. The van der Waals surface area contributed by atoms with Gasteiger partial charge < -0.3 is 14.7 Å². The van der Waals surface area contributed by atoms with E-state index >= 15 is 0 Å². The highest BCUT2D eigenvalue weighted by atomic mass is 16.5.